The van der Waals surface area contributed by atoms with E-state index < -0.39 is 18.1 Å². The van der Waals surface area contributed by atoms with Gasteiger partial charge >= 0.3 is 81.7 Å². The molecule has 11 heavy (non-hydrogen) atoms. The van der Waals surface area contributed by atoms with E-state index in [1.54, 1.807) is 0 Å². The summed E-state index contributed by atoms with van der Waals surface area (Å²) in [7, 11) is -11.8. The molecule has 0 rings (SSSR count). The third-order valence-corrected chi connectivity index (χ3v) is 2.25. The van der Waals surface area contributed by atoms with Crippen LogP contribution in [0, 0.1) is 81.7 Å². The summed E-state index contributed by atoms with van der Waals surface area (Å²) >= 11 is 0. The molecule has 0 saturated carbocycles. The average Bonchev–Trinajstić information content (AvgIpc) is 1.14. The van der Waals surface area contributed by atoms with E-state index in [9.17, 15) is 28.8 Å². The summed E-state index contributed by atoms with van der Waals surface area (Å²) in [4.78, 5) is 56.2. The second-order valence-electron chi connectivity index (χ2n) is 1.10. The number of hydrogen-bond donors (Lipinski definition) is 0. The van der Waals surface area contributed by atoms with Gasteiger partial charge in [0.25, 0.3) is 0 Å². The van der Waals surface area contributed by atoms with Gasteiger partial charge in [-0.2, -0.15) is 0 Å². The summed E-state index contributed by atoms with van der Waals surface area (Å²) in [5.74, 6) is 0. The van der Waals surface area contributed by atoms with Gasteiger partial charge in [0.2, 0.25) is 0 Å². The molecule has 0 fully saturated rings. The van der Waals surface area contributed by atoms with Gasteiger partial charge in [-0.05, 0) is 0 Å². The first-order chi connectivity index (χ1) is 3.71. The van der Waals surface area contributed by atoms with Crippen molar-refractivity contribution < 1.29 is 115 Å². The van der Waals surface area contributed by atoms with Crippen LogP contribution in [0.15, 0.2) is 0 Å². The van der Waals surface area contributed by atoms with Crippen LogP contribution in [0.25, 0.3) is 0 Å². The predicted octanol–water partition coefficient (Wildman–Crippen LogP) is -7.96. The first-order valence-corrected chi connectivity index (χ1v) is 4.90. The Morgan fingerprint density at radius 2 is 0.818 bits per heavy atom. The maximum atomic E-state index is 9.36. The van der Waals surface area contributed by atoms with Crippen molar-refractivity contribution in [1.82, 2.24) is 0 Å². The van der Waals surface area contributed by atoms with Crippen LogP contribution < -0.4 is 28.8 Å². The molecule has 58 valence electrons. The Labute approximate surface area is 130 Å². The molecular formula is Nd2O7Si2. The number of rotatable bonds is 2. The fourth-order valence-corrected chi connectivity index (χ4v) is 1.38. The molecular weight excluding hydrogens is 457 g/mol. The van der Waals surface area contributed by atoms with Crippen LogP contribution in [0.3, 0.4) is 0 Å². The van der Waals surface area contributed by atoms with Gasteiger partial charge in [0.05, 0.1) is 0 Å². The standard InChI is InChI=1S/2Nd.O7Si2/c;;1-8(2,3)7-9(4,5)6/q2*+3;-6. The molecule has 0 aliphatic heterocycles. The summed E-state index contributed by atoms with van der Waals surface area (Å²) in [6.45, 7) is 0. The first-order valence-electron chi connectivity index (χ1n) is 1.63. The maximum absolute atomic E-state index is 9.36. The second-order valence-corrected chi connectivity index (χ2v) is 3.92. The smallest absolute Gasteiger partial charge is 0.862 e. The van der Waals surface area contributed by atoms with Gasteiger partial charge in [0.15, 0.2) is 0 Å². The van der Waals surface area contributed by atoms with Crippen molar-refractivity contribution in [3.63, 3.8) is 0 Å². The van der Waals surface area contributed by atoms with E-state index in [4.69, 9.17) is 0 Å². The molecule has 0 aromatic carbocycles. The van der Waals surface area contributed by atoms with Crippen LogP contribution in [-0.4, -0.2) is 18.1 Å². The molecule has 11 heteroatoms. The SMILES string of the molecule is [Nd+3].[Nd+3].[O-][Si]([O-])([O-])O[Si]([O-])([O-])[O-]. The number of hydrogen-bond acceptors (Lipinski definition) is 7. The minimum atomic E-state index is -5.92. The Hall–Kier alpha value is 2.86. The van der Waals surface area contributed by atoms with Gasteiger partial charge in [-0.1, -0.05) is 0 Å². The third-order valence-electron chi connectivity index (χ3n) is 0.250. The zero-order chi connectivity index (χ0) is 7.71. The molecule has 7 nitrogen and oxygen atoms in total. The summed E-state index contributed by atoms with van der Waals surface area (Å²) in [6.07, 6.45) is 0. The Kier molecular flexibility index (Phi) is 12.7. The van der Waals surface area contributed by atoms with Crippen molar-refractivity contribution in [1.29, 1.82) is 0 Å². The van der Waals surface area contributed by atoms with E-state index in [1.165, 1.54) is 0 Å². The van der Waals surface area contributed by atoms with Crippen LogP contribution in [0.1, 0.15) is 0 Å². The van der Waals surface area contributed by atoms with Crippen LogP contribution in [0.5, 0.6) is 0 Å². The minimum absolute atomic E-state index is 0. The normalized spacial score (nSPS) is 11.5. The van der Waals surface area contributed by atoms with E-state index in [2.05, 4.69) is 4.12 Å². The summed E-state index contributed by atoms with van der Waals surface area (Å²) in [6, 6.07) is 0. The summed E-state index contributed by atoms with van der Waals surface area (Å²) < 4.78 is 2.57. The molecule has 0 aliphatic rings. The predicted molar refractivity (Wildman–Crippen MR) is 12.6 cm³/mol. The Balaban J connectivity index is -0.000000320. The van der Waals surface area contributed by atoms with E-state index >= 15 is 0 Å². The molecule has 0 aromatic rings. The second kappa shape index (κ2) is 7.19. The Morgan fingerprint density at radius 3 is 0.818 bits per heavy atom. The third kappa shape index (κ3) is 19.3. The van der Waals surface area contributed by atoms with Crippen molar-refractivity contribution in [3.8, 4) is 0 Å². The van der Waals surface area contributed by atoms with Crippen LogP contribution in [0.2, 0.25) is 0 Å². The molecule has 0 aromatic heterocycles. The fourth-order valence-electron chi connectivity index (χ4n) is 0.153. The van der Waals surface area contributed by atoms with Gasteiger partial charge in [0, 0.05) is 0 Å². The van der Waals surface area contributed by atoms with Crippen LogP contribution in [-0.2, 0) is 4.12 Å². The van der Waals surface area contributed by atoms with Gasteiger partial charge < -0.3 is 32.9 Å². The summed E-state index contributed by atoms with van der Waals surface area (Å²) in [5.41, 5.74) is 0. The van der Waals surface area contributed by atoms with Crippen molar-refractivity contribution in [3.05, 3.63) is 0 Å². The van der Waals surface area contributed by atoms with Gasteiger partial charge in [-0.3, -0.25) is 0 Å². The van der Waals surface area contributed by atoms with Gasteiger partial charge in [-0.25, -0.2) is 0 Å². The molecule has 0 N–H and O–H groups in total. The average molecular weight is 457 g/mol. The Morgan fingerprint density at radius 1 is 0.636 bits per heavy atom. The molecule has 0 saturated heterocycles. The molecule has 0 spiro atoms. The van der Waals surface area contributed by atoms with E-state index in [-0.39, 0.29) is 81.7 Å². The van der Waals surface area contributed by atoms with Gasteiger partial charge in [0.1, 0.15) is 0 Å². The van der Waals surface area contributed by atoms with Gasteiger partial charge in [-0.15, -0.1) is 18.1 Å². The topological polar surface area (TPSA) is 148 Å². The summed E-state index contributed by atoms with van der Waals surface area (Å²) in [5, 5.41) is 0. The van der Waals surface area contributed by atoms with Crippen LogP contribution >= 0.6 is 0 Å². The molecule has 0 unspecified atom stereocenters. The molecule has 2 radical (unpaired) electrons. The maximum Gasteiger partial charge on any atom is 3.00 e. The van der Waals surface area contributed by atoms with E-state index in [0.29, 0.717) is 0 Å². The van der Waals surface area contributed by atoms with E-state index in [0.717, 1.165) is 0 Å². The van der Waals surface area contributed by atoms with Crippen molar-refractivity contribution in [2.75, 3.05) is 0 Å². The Bertz CT molecular complexity index is 79.6. The van der Waals surface area contributed by atoms with E-state index in [1.807, 2.05) is 0 Å². The zero-order valence-corrected chi connectivity index (χ0v) is 13.3. The largest absolute Gasteiger partial charge is 3.00 e. The molecule has 0 heterocycles. The fraction of sp³-hybridized carbons (Fsp3) is 0. The van der Waals surface area contributed by atoms with Crippen molar-refractivity contribution in [2.45, 2.75) is 0 Å². The molecule has 0 bridgehead atoms. The molecule has 0 amide bonds. The molecule has 0 aliphatic carbocycles. The van der Waals surface area contributed by atoms with Crippen molar-refractivity contribution in [2.24, 2.45) is 0 Å². The quantitative estimate of drug-likeness (QED) is 0.375. The molecule has 0 atom stereocenters. The zero-order valence-electron chi connectivity index (χ0n) is 4.86. The van der Waals surface area contributed by atoms with Crippen molar-refractivity contribution >= 4 is 18.1 Å². The van der Waals surface area contributed by atoms with Crippen LogP contribution in [0.4, 0.5) is 0 Å². The monoisotopic (exact) mass is 452 g/mol. The minimum Gasteiger partial charge on any atom is -0.862 e. The first kappa shape index (κ1) is 19.4.